The monoisotopic (exact) mass is 398 g/mol. The molecule has 2 aliphatic rings. The minimum Gasteiger partial charge on any atom is -0.490 e. The van der Waals surface area contributed by atoms with Crippen LogP contribution in [-0.4, -0.2) is 32.2 Å². The van der Waals surface area contributed by atoms with Gasteiger partial charge in [-0.2, -0.15) is 0 Å². The van der Waals surface area contributed by atoms with Crippen LogP contribution in [0.5, 0.6) is 5.75 Å². The van der Waals surface area contributed by atoms with Gasteiger partial charge in [-0.1, -0.05) is 30.4 Å². The molecular formula is C21H22N2O4S. The van der Waals surface area contributed by atoms with Gasteiger partial charge in [0, 0.05) is 18.2 Å². The maximum Gasteiger partial charge on any atom is 0.250 e. The number of carbonyl (C=O) groups is 1. The molecule has 1 aliphatic carbocycles. The molecule has 1 heterocycles. The Morgan fingerprint density at radius 1 is 1.25 bits per heavy atom. The molecule has 1 aliphatic heterocycles. The summed E-state index contributed by atoms with van der Waals surface area (Å²) in [6.45, 7) is 6.27. The molecule has 2 fully saturated rings. The number of nitrogens with one attached hydrogen (secondary N) is 1. The van der Waals surface area contributed by atoms with Crippen LogP contribution in [-0.2, 0) is 14.8 Å². The predicted molar refractivity (Wildman–Crippen MR) is 109 cm³/mol. The predicted octanol–water partition coefficient (Wildman–Crippen LogP) is 3.11. The van der Waals surface area contributed by atoms with E-state index in [1.807, 2.05) is 19.1 Å². The maximum atomic E-state index is 13.2. The number of benzene rings is 2. The Balaban J connectivity index is 1.52. The van der Waals surface area contributed by atoms with Crippen LogP contribution in [0.3, 0.4) is 0 Å². The van der Waals surface area contributed by atoms with Crippen LogP contribution in [0.4, 0.5) is 11.4 Å². The number of hydrogen-bond donors (Lipinski definition) is 1. The lowest BCUT2D eigenvalue weighted by Crippen LogP contribution is -2.42. The molecule has 1 saturated heterocycles. The number of sulfonamides is 1. The molecule has 1 N–H and O–H groups in total. The summed E-state index contributed by atoms with van der Waals surface area (Å²) in [6, 6.07) is 14.2. The van der Waals surface area contributed by atoms with Crippen LogP contribution in [0.1, 0.15) is 12.0 Å². The normalized spacial score (nSPS) is 24.3. The average Bonchev–Trinajstić information content (AvgIpc) is 3.37. The van der Waals surface area contributed by atoms with Crippen LogP contribution in [0.2, 0.25) is 0 Å². The highest BCUT2D eigenvalue weighted by Crippen LogP contribution is 2.58. The lowest BCUT2D eigenvalue weighted by Gasteiger charge is -2.23. The molecule has 6 nitrogen and oxygen atoms in total. The smallest absolute Gasteiger partial charge is 0.250 e. The number of rotatable bonds is 6. The van der Waals surface area contributed by atoms with Crippen molar-refractivity contribution >= 4 is 27.3 Å². The number of fused-ring (bicyclic) bond motifs is 1. The van der Waals surface area contributed by atoms with Gasteiger partial charge < -0.3 is 10.1 Å². The number of hydrogen-bond acceptors (Lipinski definition) is 4. The molecule has 1 saturated carbocycles. The minimum absolute atomic E-state index is 0.186. The molecule has 2 unspecified atom stereocenters. The van der Waals surface area contributed by atoms with Crippen molar-refractivity contribution in [1.82, 2.24) is 0 Å². The van der Waals surface area contributed by atoms with E-state index in [0.29, 0.717) is 36.7 Å². The Hall–Kier alpha value is -2.80. The largest absolute Gasteiger partial charge is 0.490 e. The van der Waals surface area contributed by atoms with E-state index < -0.39 is 20.7 Å². The van der Waals surface area contributed by atoms with Crippen molar-refractivity contribution < 1.29 is 17.9 Å². The fraction of sp³-hybridized carbons (Fsp3) is 0.286. The van der Waals surface area contributed by atoms with Crippen molar-refractivity contribution in [2.24, 2.45) is 5.92 Å². The van der Waals surface area contributed by atoms with Crippen molar-refractivity contribution in [2.75, 3.05) is 22.8 Å². The number of carbonyl (C=O) groups excluding carboxylic acids is 1. The number of nitrogens with zero attached hydrogens (tertiary/aromatic N) is 1. The van der Waals surface area contributed by atoms with Crippen LogP contribution in [0.25, 0.3) is 0 Å². The van der Waals surface area contributed by atoms with Gasteiger partial charge in [-0.05, 0) is 49.7 Å². The highest BCUT2D eigenvalue weighted by molar-refractivity contribution is 7.95. The van der Waals surface area contributed by atoms with E-state index in [9.17, 15) is 13.2 Å². The van der Waals surface area contributed by atoms with E-state index in [1.54, 1.807) is 42.5 Å². The molecule has 0 aromatic heterocycles. The molecule has 0 bridgehead atoms. The molecular weight excluding hydrogens is 376 g/mol. The first-order valence-corrected chi connectivity index (χ1v) is 10.6. The maximum absolute atomic E-state index is 13.2. The van der Waals surface area contributed by atoms with Crippen molar-refractivity contribution in [3.63, 3.8) is 0 Å². The fourth-order valence-corrected chi connectivity index (χ4v) is 6.07. The molecule has 2 atom stereocenters. The number of ether oxygens (including phenoxy) is 1. The van der Waals surface area contributed by atoms with E-state index in [0.717, 1.165) is 5.56 Å². The van der Waals surface area contributed by atoms with Crippen LogP contribution < -0.4 is 14.4 Å². The summed E-state index contributed by atoms with van der Waals surface area (Å²) in [5, 5.41) is 2.77. The summed E-state index contributed by atoms with van der Waals surface area (Å²) < 4.78 is 31.8. The topological polar surface area (TPSA) is 75.7 Å². The standard InChI is InChI=1S/C21H22N2O4S/c1-3-12-27-19-10-6-17(7-11-19)22-20(24)21-13-16(21)14-23(28(21,25)26)18-8-4-15(2)5-9-18/h3-11,16H,1,12-14H2,2H3,(H,22,24). The lowest BCUT2D eigenvalue weighted by molar-refractivity contribution is -0.116. The van der Waals surface area contributed by atoms with Gasteiger partial charge in [-0.3, -0.25) is 9.10 Å². The zero-order chi connectivity index (χ0) is 19.9. The molecule has 1 amide bonds. The minimum atomic E-state index is -3.77. The third-order valence-electron chi connectivity index (χ3n) is 5.37. The van der Waals surface area contributed by atoms with Crippen LogP contribution in [0, 0.1) is 12.8 Å². The summed E-state index contributed by atoms with van der Waals surface area (Å²) in [7, 11) is -3.77. The molecule has 28 heavy (non-hydrogen) atoms. The van der Waals surface area contributed by atoms with Crippen LogP contribution in [0.15, 0.2) is 61.2 Å². The Morgan fingerprint density at radius 2 is 1.93 bits per heavy atom. The zero-order valence-corrected chi connectivity index (χ0v) is 16.4. The first kappa shape index (κ1) is 18.6. The number of amides is 1. The fourth-order valence-electron chi connectivity index (χ4n) is 3.71. The second-order valence-corrected chi connectivity index (χ2v) is 9.36. The van der Waals surface area contributed by atoms with Gasteiger partial charge in [-0.15, -0.1) is 0 Å². The van der Waals surface area contributed by atoms with Gasteiger partial charge >= 0.3 is 0 Å². The summed E-state index contributed by atoms with van der Waals surface area (Å²) in [5.74, 6) is 0.000248. The highest BCUT2D eigenvalue weighted by atomic mass is 32.2. The molecule has 7 heteroatoms. The molecule has 0 spiro atoms. The molecule has 146 valence electrons. The third kappa shape index (κ3) is 2.86. The van der Waals surface area contributed by atoms with Crippen molar-refractivity contribution in [1.29, 1.82) is 0 Å². The Labute approximate surface area is 164 Å². The average molecular weight is 398 g/mol. The molecule has 2 aromatic rings. The van der Waals surface area contributed by atoms with E-state index in [-0.39, 0.29) is 5.92 Å². The van der Waals surface area contributed by atoms with Gasteiger partial charge in [0.25, 0.3) is 0 Å². The van der Waals surface area contributed by atoms with Gasteiger partial charge in [0.1, 0.15) is 12.4 Å². The Bertz CT molecular complexity index is 1020. The van der Waals surface area contributed by atoms with Crippen molar-refractivity contribution in [2.45, 2.75) is 18.1 Å². The van der Waals surface area contributed by atoms with Crippen molar-refractivity contribution in [3.8, 4) is 5.75 Å². The quantitative estimate of drug-likeness (QED) is 0.759. The van der Waals surface area contributed by atoms with Gasteiger partial charge in [0.15, 0.2) is 4.75 Å². The first-order valence-electron chi connectivity index (χ1n) is 9.12. The number of anilines is 2. The Morgan fingerprint density at radius 3 is 2.57 bits per heavy atom. The summed E-state index contributed by atoms with van der Waals surface area (Å²) in [4.78, 5) is 12.9. The highest BCUT2D eigenvalue weighted by Gasteiger charge is 2.75. The molecule has 4 rings (SSSR count). The lowest BCUT2D eigenvalue weighted by atomic mass is 10.2. The Kier molecular flexibility index (Phi) is 4.42. The second-order valence-electron chi connectivity index (χ2n) is 7.24. The zero-order valence-electron chi connectivity index (χ0n) is 15.6. The third-order valence-corrected chi connectivity index (χ3v) is 7.92. The van der Waals surface area contributed by atoms with E-state index in [1.165, 1.54) is 4.31 Å². The summed E-state index contributed by atoms with van der Waals surface area (Å²) in [6.07, 6.45) is 2.01. The van der Waals surface area contributed by atoms with Gasteiger partial charge in [0.05, 0.1) is 5.69 Å². The number of aryl methyl sites for hydroxylation is 1. The summed E-state index contributed by atoms with van der Waals surface area (Å²) >= 11 is 0. The first-order chi connectivity index (χ1) is 13.4. The molecule has 2 aromatic carbocycles. The van der Waals surface area contributed by atoms with Gasteiger partial charge in [0.2, 0.25) is 15.9 Å². The van der Waals surface area contributed by atoms with Crippen LogP contribution >= 0.6 is 0 Å². The summed E-state index contributed by atoms with van der Waals surface area (Å²) in [5.41, 5.74) is 2.20. The van der Waals surface area contributed by atoms with Gasteiger partial charge in [-0.25, -0.2) is 8.42 Å². The second kappa shape index (κ2) is 6.67. The van der Waals surface area contributed by atoms with E-state index in [2.05, 4.69) is 11.9 Å². The van der Waals surface area contributed by atoms with E-state index >= 15 is 0 Å². The van der Waals surface area contributed by atoms with Crippen molar-refractivity contribution in [3.05, 3.63) is 66.7 Å². The SMILES string of the molecule is C=CCOc1ccc(NC(=O)C23CC2CN(c2ccc(C)cc2)S3(=O)=O)cc1. The van der Waals surface area contributed by atoms with E-state index in [4.69, 9.17) is 4.74 Å². The molecule has 0 radical (unpaired) electrons.